The smallest absolute Gasteiger partial charge is 0.137 e. The van der Waals surface area contributed by atoms with Gasteiger partial charge < -0.3 is 10.5 Å². The standard InChI is InChI=1S/C13H18FNOS/c1-9(15)11-5-2-6-12(14)13(11)17-8-10-4-3-7-16-10/h2,5-6,9-10H,3-4,7-8,15H2,1H3/t9-,10?/m1/s1. The van der Waals surface area contributed by atoms with Crippen molar-refractivity contribution >= 4 is 11.8 Å². The van der Waals surface area contributed by atoms with Gasteiger partial charge in [-0.25, -0.2) is 4.39 Å². The Labute approximate surface area is 106 Å². The average Bonchev–Trinajstić information content (AvgIpc) is 2.80. The third-order valence-electron chi connectivity index (χ3n) is 2.93. The number of halogens is 1. The van der Waals surface area contributed by atoms with Gasteiger partial charge in [0.05, 0.1) is 6.10 Å². The Balaban J connectivity index is 2.07. The van der Waals surface area contributed by atoms with Crippen LogP contribution in [0.5, 0.6) is 0 Å². The molecule has 1 aromatic rings. The van der Waals surface area contributed by atoms with Crippen LogP contribution in [0.15, 0.2) is 23.1 Å². The lowest BCUT2D eigenvalue weighted by Crippen LogP contribution is -2.11. The molecule has 0 amide bonds. The van der Waals surface area contributed by atoms with Crippen molar-refractivity contribution in [3.63, 3.8) is 0 Å². The molecule has 0 radical (unpaired) electrons. The van der Waals surface area contributed by atoms with Crippen LogP contribution in [0.3, 0.4) is 0 Å². The summed E-state index contributed by atoms with van der Waals surface area (Å²) in [6.45, 7) is 2.72. The zero-order valence-electron chi connectivity index (χ0n) is 9.99. The van der Waals surface area contributed by atoms with Crippen molar-refractivity contribution in [3.05, 3.63) is 29.6 Å². The molecule has 2 rings (SSSR count). The fourth-order valence-corrected chi connectivity index (χ4v) is 3.23. The highest BCUT2D eigenvalue weighted by molar-refractivity contribution is 7.99. The monoisotopic (exact) mass is 255 g/mol. The number of hydrogen-bond acceptors (Lipinski definition) is 3. The third-order valence-corrected chi connectivity index (χ3v) is 4.18. The van der Waals surface area contributed by atoms with Crippen molar-refractivity contribution in [1.82, 2.24) is 0 Å². The topological polar surface area (TPSA) is 35.2 Å². The molecule has 1 saturated heterocycles. The van der Waals surface area contributed by atoms with Gasteiger partial charge in [0.25, 0.3) is 0 Å². The molecule has 1 unspecified atom stereocenters. The molecule has 94 valence electrons. The predicted octanol–water partition coefficient (Wildman–Crippen LogP) is 3.12. The van der Waals surface area contributed by atoms with E-state index in [1.807, 2.05) is 13.0 Å². The molecule has 2 atom stereocenters. The summed E-state index contributed by atoms with van der Waals surface area (Å²) in [6, 6.07) is 4.96. The van der Waals surface area contributed by atoms with Gasteiger partial charge in [0.15, 0.2) is 0 Å². The Hall–Kier alpha value is -0.580. The Morgan fingerprint density at radius 2 is 2.41 bits per heavy atom. The highest BCUT2D eigenvalue weighted by Crippen LogP contribution is 2.31. The summed E-state index contributed by atoms with van der Waals surface area (Å²) in [5.74, 6) is 0.628. The summed E-state index contributed by atoms with van der Waals surface area (Å²) >= 11 is 1.52. The normalized spacial score (nSPS) is 21.7. The van der Waals surface area contributed by atoms with Crippen LogP contribution in [-0.2, 0) is 4.74 Å². The maximum absolute atomic E-state index is 13.8. The molecule has 1 fully saturated rings. The van der Waals surface area contributed by atoms with Gasteiger partial charge in [0.2, 0.25) is 0 Å². The lowest BCUT2D eigenvalue weighted by Gasteiger charge is -2.15. The summed E-state index contributed by atoms with van der Waals surface area (Å²) in [5.41, 5.74) is 6.74. The van der Waals surface area contributed by atoms with Gasteiger partial charge in [-0.3, -0.25) is 0 Å². The molecule has 2 nitrogen and oxygen atoms in total. The number of rotatable bonds is 4. The lowest BCUT2D eigenvalue weighted by molar-refractivity contribution is 0.129. The summed E-state index contributed by atoms with van der Waals surface area (Å²) < 4.78 is 19.3. The Morgan fingerprint density at radius 1 is 1.59 bits per heavy atom. The molecule has 0 aliphatic carbocycles. The van der Waals surface area contributed by atoms with E-state index in [0.717, 1.165) is 30.8 Å². The van der Waals surface area contributed by atoms with Gasteiger partial charge in [-0.2, -0.15) is 0 Å². The van der Waals surface area contributed by atoms with E-state index >= 15 is 0 Å². The van der Waals surface area contributed by atoms with Crippen molar-refractivity contribution in [2.75, 3.05) is 12.4 Å². The van der Waals surface area contributed by atoms with E-state index in [1.54, 1.807) is 6.07 Å². The fraction of sp³-hybridized carbons (Fsp3) is 0.538. The van der Waals surface area contributed by atoms with Crippen molar-refractivity contribution in [2.24, 2.45) is 5.73 Å². The fourth-order valence-electron chi connectivity index (χ4n) is 1.99. The lowest BCUT2D eigenvalue weighted by atomic mass is 10.1. The van der Waals surface area contributed by atoms with Crippen LogP contribution in [0, 0.1) is 5.82 Å². The quantitative estimate of drug-likeness (QED) is 0.840. The molecule has 4 heteroatoms. The average molecular weight is 255 g/mol. The predicted molar refractivity (Wildman–Crippen MR) is 68.7 cm³/mol. The van der Waals surface area contributed by atoms with Crippen LogP contribution < -0.4 is 5.73 Å². The summed E-state index contributed by atoms with van der Waals surface area (Å²) in [6.07, 6.45) is 2.46. The van der Waals surface area contributed by atoms with E-state index in [-0.39, 0.29) is 18.0 Å². The maximum Gasteiger partial charge on any atom is 0.137 e. The molecule has 0 saturated carbocycles. The molecule has 1 aliphatic heterocycles. The number of thioether (sulfide) groups is 1. The highest BCUT2D eigenvalue weighted by Gasteiger charge is 2.18. The molecule has 1 aliphatic rings. The van der Waals surface area contributed by atoms with Gasteiger partial charge in [-0.15, -0.1) is 11.8 Å². The summed E-state index contributed by atoms with van der Waals surface area (Å²) in [4.78, 5) is 0.679. The second-order valence-electron chi connectivity index (χ2n) is 4.39. The first-order chi connectivity index (χ1) is 8.18. The number of hydrogen-bond donors (Lipinski definition) is 1. The number of benzene rings is 1. The van der Waals surface area contributed by atoms with E-state index in [9.17, 15) is 4.39 Å². The van der Waals surface area contributed by atoms with Crippen LogP contribution in [0.1, 0.15) is 31.4 Å². The largest absolute Gasteiger partial charge is 0.377 e. The molecule has 1 aromatic carbocycles. The minimum Gasteiger partial charge on any atom is -0.377 e. The molecule has 0 bridgehead atoms. The molecular weight excluding hydrogens is 237 g/mol. The highest BCUT2D eigenvalue weighted by atomic mass is 32.2. The van der Waals surface area contributed by atoms with E-state index in [0.29, 0.717) is 4.90 Å². The van der Waals surface area contributed by atoms with Crippen molar-refractivity contribution in [2.45, 2.75) is 36.8 Å². The van der Waals surface area contributed by atoms with Gasteiger partial charge in [-0.05, 0) is 31.4 Å². The molecule has 0 aromatic heterocycles. The van der Waals surface area contributed by atoms with E-state index in [2.05, 4.69) is 0 Å². The number of nitrogens with two attached hydrogens (primary N) is 1. The first-order valence-electron chi connectivity index (χ1n) is 5.97. The zero-order chi connectivity index (χ0) is 12.3. The Bertz CT molecular complexity index is 378. The summed E-state index contributed by atoms with van der Waals surface area (Å²) in [7, 11) is 0. The first-order valence-corrected chi connectivity index (χ1v) is 6.95. The zero-order valence-corrected chi connectivity index (χ0v) is 10.8. The number of ether oxygens (including phenoxy) is 1. The maximum atomic E-state index is 13.8. The SMILES string of the molecule is C[C@@H](N)c1cccc(F)c1SCC1CCCO1. The van der Waals surface area contributed by atoms with Crippen LogP contribution in [0.2, 0.25) is 0 Å². The molecule has 17 heavy (non-hydrogen) atoms. The van der Waals surface area contributed by atoms with Crippen molar-refractivity contribution in [3.8, 4) is 0 Å². The minimum atomic E-state index is -0.178. The van der Waals surface area contributed by atoms with Crippen LogP contribution in [0.4, 0.5) is 4.39 Å². The van der Waals surface area contributed by atoms with Crippen molar-refractivity contribution in [1.29, 1.82) is 0 Å². The Kier molecular flexibility index (Phi) is 4.42. The van der Waals surface area contributed by atoms with Gasteiger partial charge >= 0.3 is 0 Å². The van der Waals surface area contributed by atoms with Crippen LogP contribution in [-0.4, -0.2) is 18.5 Å². The van der Waals surface area contributed by atoms with Crippen LogP contribution >= 0.6 is 11.8 Å². The van der Waals surface area contributed by atoms with E-state index in [1.165, 1.54) is 17.8 Å². The molecule has 1 heterocycles. The van der Waals surface area contributed by atoms with E-state index in [4.69, 9.17) is 10.5 Å². The second kappa shape index (κ2) is 5.85. The second-order valence-corrected chi connectivity index (χ2v) is 5.42. The molecular formula is C13H18FNOS. The van der Waals surface area contributed by atoms with Gasteiger partial charge in [0.1, 0.15) is 5.82 Å². The molecule has 0 spiro atoms. The Morgan fingerprint density at radius 3 is 3.06 bits per heavy atom. The van der Waals surface area contributed by atoms with Gasteiger partial charge in [-0.1, -0.05) is 12.1 Å². The van der Waals surface area contributed by atoms with E-state index < -0.39 is 0 Å². The van der Waals surface area contributed by atoms with Gasteiger partial charge in [0, 0.05) is 23.3 Å². The third kappa shape index (κ3) is 3.21. The van der Waals surface area contributed by atoms with Crippen molar-refractivity contribution < 1.29 is 9.13 Å². The van der Waals surface area contributed by atoms with Crippen LogP contribution in [0.25, 0.3) is 0 Å². The summed E-state index contributed by atoms with van der Waals surface area (Å²) in [5, 5.41) is 0. The molecule has 2 N–H and O–H groups in total. The first kappa shape index (κ1) is 12.9. The minimum absolute atomic E-state index is 0.141.